The molecule has 21 heavy (non-hydrogen) atoms. The molecule has 0 aliphatic heterocycles. The highest BCUT2D eigenvalue weighted by Gasteiger charge is 2.11. The van der Waals surface area contributed by atoms with E-state index in [-0.39, 0.29) is 5.91 Å². The number of aryl methyl sites for hydroxylation is 1. The first kappa shape index (κ1) is 13.0. The van der Waals surface area contributed by atoms with Crippen LogP contribution in [0.5, 0.6) is 0 Å². The second-order valence-electron chi connectivity index (χ2n) is 4.40. The Kier molecular flexibility index (Phi) is 3.42. The summed E-state index contributed by atoms with van der Waals surface area (Å²) in [5.74, 6) is 0.703. The van der Waals surface area contributed by atoms with E-state index in [0.29, 0.717) is 22.8 Å². The van der Waals surface area contributed by atoms with Crippen LogP contribution in [0.2, 0.25) is 0 Å². The zero-order valence-electron chi connectivity index (χ0n) is 11.3. The highest BCUT2D eigenvalue weighted by atomic mass is 16.1. The molecule has 8 nitrogen and oxygen atoms in total. The van der Waals surface area contributed by atoms with E-state index in [4.69, 9.17) is 0 Å². The van der Waals surface area contributed by atoms with E-state index in [0.717, 1.165) is 12.1 Å². The second-order valence-corrected chi connectivity index (χ2v) is 4.40. The van der Waals surface area contributed by atoms with Crippen molar-refractivity contribution in [2.24, 2.45) is 0 Å². The van der Waals surface area contributed by atoms with Crippen LogP contribution in [0.1, 0.15) is 23.0 Å². The number of tetrazole rings is 1. The fraction of sp³-hybridized carbons (Fsp3) is 0.154. The van der Waals surface area contributed by atoms with Crippen LogP contribution in [0, 0.1) is 0 Å². The molecule has 0 aliphatic rings. The van der Waals surface area contributed by atoms with Crippen LogP contribution in [0.4, 0.5) is 5.82 Å². The summed E-state index contributed by atoms with van der Waals surface area (Å²) in [6.07, 6.45) is 0.830. The largest absolute Gasteiger partial charge is 0.305 e. The highest BCUT2D eigenvalue weighted by molar-refractivity contribution is 6.04. The average Bonchev–Trinajstić information content (AvgIpc) is 3.18. The summed E-state index contributed by atoms with van der Waals surface area (Å²) in [5, 5.41) is 23.3. The Hall–Kier alpha value is -3.03. The number of hydrogen-bond donors (Lipinski definition) is 3. The van der Waals surface area contributed by atoms with Crippen LogP contribution in [-0.4, -0.2) is 36.7 Å². The number of benzene rings is 1. The van der Waals surface area contributed by atoms with Crippen molar-refractivity contribution in [1.82, 2.24) is 30.8 Å². The van der Waals surface area contributed by atoms with E-state index in [2.05, 4.69) is 36.1 Å². The average molecular weight is 283 g/mol. The van der Waals surface area contributed by atoms with Crippen LogP contribution in [0.25, 0.3) is 11.4 Å². The molecule has 0 bridgehead atoms. The fourth-order valence-electron chi connectivity index (χ4n) is 1.88. The van der Waals surface area contributed by atoms with Crippen molar-refractivity contribution in [1.29, 1.82) is 0 Å². The van der Waals surface area contributed by atoms with Crippen LogP contribution in [-0.2, 0) is 6.42 Å². The molecular weight excluding hydrogens is 270 g/mol. The van der Waals surface area contributed by atoms with Gasteiger partial charge in [0.15, 0.2) is 5.82 Å². The van der Waals surface area contributed by atoms with Gasteiger partial charge in [-0.15, -0.1) is 10.2 Å². The molecule has 3 rings (SSSR count). The summed E-state index contributed by atoms with van der Waals surface area (Å²) in [4.78, 5) is 12.2. The molecule has 0 spiro atoms. The van der Waals surface area contributed by atoms with Crippen molar-refractivity contribution < 1.29 is 4.79 Å². The third kappa shape index (κ3) is 2.78. The van der Waals surface area contributed by atoms with Crippen molar-refractivity contribution in [2.75, 3.05) is 5.32 Å². The van der Waals surface area contributed by atoms with Crippen molar-refractivity contribution >= 4 is 11.7 Å². The van der Waals surface area contributed by atoms with E-state index in [1.165, 1.54) is 0 Å². The van der Waals surface area contributed by atoms with Gasteiger partial charge in [0.1, 0.15) is 0 Å². The molecule has 2 heterocycles. The molecule has 8 heteroatoms. The van der Waals surface area contributed by atoms with Gasteiger partial charge in [-0.2, -0.15) is 10.3 Å². The molecule has 3 aromatic rings. The van der Waals surface area contributed by atoms with Gasteiger partial charge in [0.2, 0.25) is 5.82 Å². The molecule has 1 amide bonds. The van der Waals surface area contributed by atoms with Crippen LogP contribution >= 0.6 is 0 Å². The van der Waals surface area contributed by atoms with Crippen molar-refractivity contribution in [3.63, 3.8) is 0 Å². The molecule has 2 aromatic heterocycles. The predicted octanol–water partition coefficient (Wildman–Crippen LogP) is 1.40. The fourth-order valence-corrected chi connectivity index (χ4v) is 1.88. The zero-order chi connectivity index (χ0) is 14.7. The maximum Gasteiger partial charge on any atom is 0.256 e. The van der Waals surface area contributed by atoms with Gasteiger partial charge >= 0.3 is 0 Å². The Bertz CT molecular complexity index is 747. The molecule has 0 radical (unpaired) electrons. The number of rotatable bonds is 4. The summed E-state index contributed by atoms with van der Waals surface area (Å²) in [6, 6.07) is 8.80. The zero-order valence-corrected chi connectivity index (χ0v) is 11.3. The Balaban J connectivity index is 1.80. The lowest BCUT2D eigenvalue weighted by atomic mass is 10.1. The molecular formula is C13H13N7O. The molecule has 0 saturated carbocycles. The first-order valence-corrected chi connectivity index (χ1v) is 6.46. The Morgan fingerprint density at radius 1 is 1.29 bits per heavy atom. The summed E-state index contributed by atoms with van der Waals surface area (Å²) in [5.41, 5.74) is 2.18. The number of carbonyl (C=O) groups excluding carboxylic acids is 1. The van der Waals surface area contributed by atoms with Gasteiger partial charge < -0.3 is 5.32 Å². The third-order valence-electron chi connectivity index (χ3n) is 2.98. The minimum absolute atomic E-state index is 0.241. The third-order valence-corrected chi connectivity index (χ3v) is 2.98. The highest BCUT2D eigenvalue weighted by Crippen LogP contribution is 2.16. The first-order valence-electron chi connectivity index (χ1n) is 6.46. The number of H-pyrrole nitrogens is 2. The van der Waals surface area contributed by atoms with Crippen molar-refractivity contribution in [3.8, 4) is 11.4 Å². The number of anilines is 1. The normalized spacial score (nSPS) is 10.5. The van der Waals surface area contributed by atoms with E-state index in [1.54, 1.807) is 24.3 Å². The molecule has 1 aromatic carbocycles. The number of amides is 1. The summed E-state index contributed by atoms with van der Waals surface area (Å²) in [6.45, 7) is 2.01. The van der Waals surface area contributed by atoms with Crippen LogP contribution < -0.4 is 5.32 Å². The molecule has 106 valence electrons. The quantitative estimate of drug-likeness (QED) is 0.670. The van der Waals surface area contributed by atoms with Crippen LogP contribution in [0.3, 0.4) is 0 Å². The summed E-state index contributed by atoms with van der Waals surface area (Å²) >= 11 is 0. The summed E-state index contributed by atoms with van der Waals surface area (Å²) < 4.78 is 0. The Morgan fingerprint density at radius 2 is 2.19 bits per heavy atom. The standard InChI is InChI=1S/C13H13N7O/c1-2-10-7-11(16-15-10)14-13(21)9-5-3-4-8(6-9)12-17-19-20-18-12/h3-7H,2H2,1H3,(H2,14,15,16,21)(H,17,18,19,20). The number of aromatic nitrogens is 6. The molecule has 0 saturated heterocycles. The lowest BCUT2D eigenvalue weighted by Crippen LogP contribution is -2.12. The van der Waals surface area contributed by atoms with E-state index in [1.807, 2.05) is 13.0 Å². The van der Waals surface area contributed by atoms with Gasteiger partial charge in [0, 0.05) is 22.9 Å². The van der Waals surface area contributed by atoms with Gasteiger partial charge in [-0.1, -0.05) is 19.1 Å². The molecule has 0 unspecified atom stereocenters. The molecule has 0 aliphatic carbocycles. The minimum atomic E-state index is -0.241. The van der Waals surface area contributed by atoms with E-state index >= 15 is 0 Å². The maximum atomic E-state index is 12.2. The second kappa shape index (κ2) is 5.53. The molecule has 3 N–H and O–H groups in total. The SMILES string of the molecule is CCc1cc(NC(=O)c2cccc(-c3nn[nH]n3)c2)n[nH]1. The Morgan fingerprint density at radius 3 is 2.90 bits per heavy atom. The smallest absolute Gasteiger partial charge is 0.256 e. The lowest BCUT2D eigenvalue weighted by Gasteiger charge is -2.03. The monoisotopic (exact) mass is 283 g/mol. The number of hydrogen-bond acceptors (Lipinski definition) is 5. The lowest BCUT2D eigenvalue weighted by molar-refractivity contribution is 0.102. The van der Waals surface area contributed by atoms with Gasteiger partial charge in [-0.25, -0.2) is 0 Å². The number of nitrogens with one attached hydrogen (secondary N) is 3. The molecule has 0 fully saturated rings. The topological polar surface area (TPSA) is 112 Å². The van der Waals surface area contributed by atoms with Gasteiger partial charge in [0.05, 0.1) is 0 Å². The van der Waals surface area contributed by atoms with Gasteiger partial charge in [0.25, 0.3) is 5.91 Å². The number of aromatic amines is 2. The minimum Gasteiger partial charge on any atom is -0.305 e. The Labute approximate surface area is 120 Å². The maximum absolute atomic E-state index is 12.2. The first-order chi connectivity index (χ1) is 10.3. The van der Waals surface area contributed by atoms with Gasteiger partial charge in [-0.05, 0) is 23.8 Å². The van der Waals surface area contributed by atoms with E-state index in [9.17, 15) is 4.79 Å². The number of carbonyl (C=O) groups is 1. The predicted molar refractivity (Wildman–Crippen MR) is 75.5 cm³/mol. The number of nitrogens with zero attached hydrogens (tertiary/aromatic N) is 4. The molecule has 0 atom stereocenters. The van der Waals surface area contributed by atoms with Crippen molar-refractivity contribution in [2.45, 2.75) is 13.3 Å². The summed E-state index contributed by atoms with van der Waals surface area (Å²) in [7, 11) is 0. The van der Waals surface area contributed by atoms with Gasteiger partial charge in [-0.3, -0.25) is 9.89 Å². The van der Waals surface area contributed by atoms with Crippen LogP contribution in [0.15, 0.2) is 30.3 Å². The van der Waals surface area contributed by atoms with E-state index < -0.39 is 0 Å². The van der Waals surface area contributed by atoms with Crippen molar-refractivity contribution in [3.05, 3.63) is 41.6 Å².